The molecule has 4 nitrogen and oxygen atoms in total. The predicted molar refractivity (Wildman–Crippen MR) is 89.7 cm³/mol. The molecule has 20 heavy (non-hydrogen) atoms. The molecule has 2 saturated heterocycles. The van der Waals surface area contributed by atoms with Gasteiger partial charge >= 0.3 is 0 Å². The van der Waals surface area contributed by atoms with E-state index in [1.165, 1.54) is 11.8 Å². The maximum Gasteiger partial charge on any atom is 0.153 e. The smallest absolute Gasteiger partial charge is 0.153 e. The summed E-state index contributed by atoms with van der Waals surface area (Å²) in [4.78, 5) is 4.04. The maximum atomic E-state index is 11.8. The molecule has 0 aromatic heterocycles. The monoisotopic (exact) mass is 328 g/mol. The summed E-state index contributed by atoms with van der Waals surface area (Å²) in [7, 11) is 1.04. The Morgan fingerprint density at radius 1 is 1.35 bits per heavy atom. The Morgan fingerprint density at radius 3 is 2.80 bits per heavy atom. The number of benzene rings is 1. The van der Waals surface area contributed by atoms with Crippen molar-refractivity contribution in [3.63, 3.8) is 0 Å². The number of anilines is 2. The molecule has 2 atom stereocenters. The van der Waals surface area contributed by atoms with Crippen LogP contribution in [-0.2, 0) is 9.84 Å². The Hall–Kier alpha value is -0.790. The second kappa shape index (κ2) is 4.89. The molecule has 108 valence electrons. The molecule has 1 aromatic carbocycles. The number of hydrogen-bond acceptors (Lipinski definition) is 5. The third-order valence-corrected chi connectivity index (χ3v) is 7.27. The third-order valence-electron chi connectivity index (χ3n) is 3.68. The highest BCUT2D eigenvalue weighted by molar-refractivity contribution is 8.24. The van der Waals surface area contributed by atoms with Gasteiger partial charge in [-0.1, -0.05) is 30.0 Å². The first-order chi connectivity index (χ1) is 9.37. The van der Waals surface area contributed by atoms with E-state index in [4.69, 9.17) is 12.2 Å². The molecule has 1 aromatic rings. The Bertz CT molecular complexity index is 657. The molecule has 2 fully saturated rings. The van der Waals surface area contributed by atoms with Gasteiger partial charge in [0.1, 0.15) is 4.32 Å². The van der Waals surface area contributed by atoms with Crippen LogP contribution in [0.5, 0.6) is 0 Å². The van der Waals surface area contributed by atoms with Gasteiger partial charge in [-0.15, -0.1) is 0 Å². The van der Waals surface area contributed by atoms with Crippen LogP contribution in [0.15, 0.2) is 24.3 Å². The number of thiocarbonyl (C=S) groups is 1. The van der Waals surface area contributed by atoms with Crippen LogP contribution in [0.1, 0.15) is 0 Å². The van der Waals surface area contributed by atoms with Crippen molar-refractivity contribution in [3.05, 3.63) is 24.3 Å². The molecule has 0 saturated carbocycles. The second-order valence-corrected chi connectivity index (χ2v) is 9.38. The van der Waals surface area contributed by atoms with E-state index in [0.29, 0.717) is 0 Å². The molecule has 3 rings (SSSR count). The second-order valence-electron chi connectivity index (χ2n) is 5.35. The van der Waals surface area contributed by atoms with Crippen LogP contribution in [0.3, 0.4) is 0 Å². The minimum absolute atomic E-state index is 0.0186. The quantitative estimate of drug-likeness (QED) is 0.771. The Morgan fingerprint density at radius 2 is 2.10 bits per heavy atom. The van der Waals surface area contributed by atoms with Crippen LogP contribution in [-0.4, -0.2) is 49.6 Å². The van der Waals surface area contributed by atoms with E-state index in [0.717, 1.165) is 15.7 Å². The zero-order chi connectivity index (χ0) is 14.5. The molecule has 0 bridgehead atoms. The summed E-state index contributed by atoms with van der Waals surface area (Å²) >= 11 is 6.96. The van der Waals surface area contributed by atoms with Crippen molar-refractivity contribution in [3.8, 4) is 0 Å². The van der Waals surface area contributed by atoms with E-state index in [1.54, 1.807) is 0 Å². The van der Waals surface area contributed by atoms with Crippen molar-refractivity contribution in [2.45, 2.75) is 11.3 Å². The van der Waals surface area contributed by atoms with Gasteiger partial charge in [0.2, 0.25) is 0 Å². The Labute approximate surface area is 129 Å². The number of nitrogens with zero attached hydrogens (tertiary/aromatic N) is 2. The van der Waals surface area contributed by atoms with E-state index in [-0.39, 0.29) is 22.8 Å². The molecule has 0 amide bonds. The van der Waals surface area contributed by atoms with Crippen LogP contribution in [0.4, 0.5) is 11.4 Å². The maximum absolute atomic E-state index is 11.8. The number of rotatable bonds is 2. The molecule has 0 unspecified atom stereocenters. The summed E-state index contributed by atoms with van der Waals surface area (Å²) in [5.74, 6) is 0.448. The SMILES string of the molecule is CN(C)c1cccc(N2C(=S)S[C@@H]3CS(=O)(=O)C[C@H]32)c1. The summed E-state index contributed by atoms with van der Waals surface area (Å²) in [6, 6.07) is 8.04. The first-order valence-electron chi connectivity index (χ1n) is 6.35. The highest BCUT2D eigenvalue weighted by Crippen LogP contribution is 2.41. The van der Waals surface area contributed by atoms with Crippen LogP contribution >= 0.6 is 24.0 Å². The molecule has 7 heteroatoms. The van der Waals surface area contributed by atoms with Gasteiger partial charge in [-0.05, 0) is 18.2 Å². The van der Waals surface area contributed by atoms with E-state index in [2.05, 4.69) is 6.07 Å². The number of sulfone groups is 1. The van der Waals surface area contributed by atoms with Crippen LogP contribution in [0.2, 0.25) is 0 Å². The van der Waals surface area contributed by atoms with Crippen molar-refractivity contribution >= 4 is 49.5 Å². The van der Waals surface area contributed by atoms with Gasteiger partial charge in [0.15, 0.2) is 9.84 Å². The fourth-order valence-corrected chi connectivity index (χ4v) is 7.07. The minimum Gasteiger partial charge on any atom is -0.378 e. The van der Waals surface area contributed by atoms with Gasteiger partial charge in [0.25, 0.3) is 0 Å². The van der Waals surface area contributed by atoms with Gasteiger partial charge < -0.3 is 9.80 Å². The predicted octanol–water partition coefficient (Wildman–Crippen LogP) is 1.76. The standard InChI is InChI=1S/C13H16N2O2S3/c1-14(2)9-4-3-5-10(6-9)15-11-7-20(16,17)8-12(11)19-13(15)18/h3-6,11-12H,7-8H2,1-2H3/t11-,12-/m1/s1. The summed E-state index contributed by atoms with van der Waals surface area (Å²) < 4.78 is 24.4. The fourth-order valence-electron chi connectivity index (χ4n) is 2.69. The molecule has 0 N–H and O–H groups in total. The zero-order valence-corrected chi connectivity index (χ0v) is 13.8. The van der Waals surface area contributed by atoms with E-state index in [9.17, 15) is 8.42 Å². The van der Waals surface area contributed by atoms with Crippen molar-refractivity contribution in [2.24, 2.45) is 0 Å². The van der Waals surface area contributed by atoms with Gasteiger partial charge in [-0.25, -0.2) is 8.42 Å². The molecular weight excluding hydrogens is 312 g/mol. The largest absolute Gasteiger partial charge is 0.378 e. The van der Waals surface area contributed by atoms with E-state index < -0.39 is 9.84 Å². The zero-order valence-electron chi connectivity index (χ0n) is 11.3. The lowest BCUT2D eigenvalue weighted by molar-refractivity contribution is 0.601. The highest BCUT2D eigenvalue weighted by atomic mass is 32.2. The van der Waals surface area contributed by atoms with E-state index in [1.807, 2.05) is 42.1 Å². The summed E-state index contributed by atoms with van der Waals surface area (Å²) in [5.41, 5.74) is 2.07. The molecule has 0 aliphatic carbocycles. The summed E-state index contributed by atoms with van der Waals surface area (Å²) in [6.07, 6.45) is 0. The Balaban J connectivity index is 1.97. The lowest BCUT2D eigenvalue weighted by atomic mass is 10.2. The van der Waals surface area contributed by atoms with Gasteiger partial charge in [-0.3, -0.25) is 0 Å². The van der Waals surface area contributed by atoms with Crippen molar-refractivity contribution in [1.82, 2.24) is 0 Å². The summed E-state index contributed by atoms with van der Waals surface area (Å²) in [6.45, 7) is 0. The number of fused-ring (bicyclic) bond motifs is 1. The van der Waals surface area contributed by atoms with E-state index >= 15 is 0 Å². The first kappa shape index (κ1) is 14.2. The molecule has 2 aliphatic rings. The van der Waals surface area contributed by atoms with Crippen molar-refractivity contribution < 1.29 is 8.42 Å². The average molecular weight is 328 g/mol. The van der Waals surface area contributed by atoms with Gasteiger partial charge in [-0.2, -0.15) is 0 Å². The number of hydrogen-bond donors (Lipinski definition) is 0. The topological polar surface area (TPSA) is 40.6 Å². The third kappa shape index (κ3) is 2.42. The Kier molecular flexibility index (Phi) is 3.46. The van der Waals surface area contributed by atoms with Gasteiger partial charge in [0.05, 0.1) is 17.5 Å². The lowest BCUT2D eigenvalue weighted by Crippen LogP contribution is -2.36. The first-order valence-corrected chi connectivity index (χ1v) is 9.46. The van der Waals surface area contributed by atoms with Crippen molar-refractivity contribution in [2.75, 3.05) is 35.4 Å². The molecule has 2 aliphatic heterocycles. The van der Waals surface area contributed by atoms with Crippen LogP contribution in [0.25, 0.3) is 0 Å². The normalized spacial score (nSPS) is 27.7. The number of thioether (sulfide) groups is 1. The summed E-state index contributed by atoms with van der Waals surface area (Å²) in [5, 5.41) is 0.0792. The van der Waals surface area contributed by atoms with Crippen LogP contribution in [0, 0.1) is 0 Å². The minimum atomic E-state index is -2.93. The van der Waals surface area contributed by atoms with Gasteiger partial charge in [0, 0.05) is 30.7 Å². The molecule has 0 radical (unpaired) electrons. The molecule has 2 heterocycles. The molecule has 0 spiro atoms. The lowest BCUT2D eigenvalue weighted by Gasteiger charge is -2.25. The van der Waals surface area contributed by atoms with Crippen molar-refractivity contribution in [1.29, 1.82) is 0 Å². The van der Waals surface area contributed by atoms with Crippen LogP contribution < -0.4 is 9.80 Å². The highest BCUT2D eigenvalue weighted by Gasteiger charge is 2.48. The molecular formula is C13H16N2O2S3. The fraction of sp³-hybridized carbons (Fsp3) is 0.462. The average Bonchev–Trinajstić information content (AvgIpc) is 2.79.